The summed E-state index contributed by atoms with van der Waals surface area (Å²) in [6, 6.07) is 37.5. The SMILES string of the molecule is c1ccc(-c2nc(-c3ccccc3)nc(-n3c4ccccc4c4c5c6ccccc6sc5c5c6cncnc6sc5c43)n2)cc1. The molecule has 0 saturated heterocycles. The summed E-state index contributed by atoms with van der Waals surface area (Å²) in [6.45, 7) is 0. The summed E-state index contributed by atoms with van der Waals surface area (Å²) in [4.78, 5) is 25.5. The fourth-order valence-electron chi connectivity index (χ4n) is 6.52. The summed E-state index contributed by atoms with van der Waals surface area (Å²) in [7, 11) is 0. The van der Waals surface area contributed by atoms with Gasteiger partial charge in [-0.2, -0.15) is 9.97 Å². The lowest BCUT2D eigenvalue weighted by atomic mass is 10.0. The van der Waals surface area contributed by atoms with Gasteiger partial charge in [0.1, 0.15) is 11.2 Å². The Kier molecular flexibility index (Phi) is 5.22. The predicted molar refractivity (Wildman–Crippen MR) is 186 cm³/mol. The van der Waals surface area contributed by atoms with E-state index in [1.54, 1.807) is 17.7 Å². The van der Waals surface area contributed by atoms with Crippen LogP contribution in [0.3, 0.4) is 0 Å². The number of rotatable bonds is 3. The highest BCUT2D eigenvalue weighted by molar-refractivity contribution is 7.30. The van der Waals surface area contributed by atoms with E-state index in [1.807, 2.05) is 78.2 Å². The average Bonchev–Trinajstić information content (AvgIpc) is 3.78. The molecule has 6 nitrogen and oxygen atoms in total. The molecule has 0 aliphatic heterocycles. The Morgan fingerprint density at radius 3 is 1.96 bits per heavy atom. The largest absolute Gasteiger partial charge is 0.276 e. The summed E-state index contributed by atoms with van der Waals surface area (Å²) < 4.78 is 5.90. The number of thiophene rings is 2. The van der Waals surface area contributed by atoms with Crippen LogP contribution in [0.4, 0.5) is 0 Å². The summed E-state index contributed by atoms with van der Waals surface area (Å²) in [6.07, 6.45) is 3.59. The number of nitrogens with zero attached hydrogens (tertiary/aromatic N) is 6. The molecule has 0 fully saturated rings. The zero-order chi connectivity index (χ0) is 29.5. The lowest BCUT2D eigenvalue weighted by Crippen LogP contribution is -2.06. The molecule has 0 bridgehead atoms. The van der Waals surface area contributed by atoms with Crippen LogP contribution in [0.25, 0.3) is 91.0 Å². The van der Waals surface area contributed by atoms with E-state index in [4.69, 9.17) is 19.9 Å². The Balaban J connectivity index is 1.45. The van der Waals surface area contributed by atoms with Crippen LogP contribution in [0.15, 0.2) is 122 Å². The van der Waals surface area contributed by atoms with Gasteiger partial charge in [-0.1, -0.05) is 97.1 Å². The third kappa shape index (κ3) is 3.58. The zero-order valence-electron chi connectivity index (χ0n) is 23.5. The number of fused-ring (bicyclic) bond motifs is 12. The molecule has 8 heteroatoms. The highest BCUT2D eigenvalue weighted by Crippen LogP contribution is 2.51. The minimum Gasteiger partial charge on any atom is -0.276 e. The van der Waals surface area contributed by atoms with Crippen molar-refractivity contribution in [2.75, 3.05) is 0 Å². The molecule has 10 aromatic rings. The Bertz CT molecular complexity index is 2700. The van der Waals surface area contributed by atoms with Gasteiger partial charge in [0, 0.05) is 59.0 Å². The van der Waals surface area contributed by atoms with Crippen molar-refractivity contribution in [3.05, 3.63) is 122 Å². The Hall–Kier alpha value is -5.57. The maximum Gasteiger partial charge on any atom is 0.238 e. The maximum absolute atomic E-state index is 5.18. The molecule has 0 radical (unpaired) electrons. The van der Waals surface area contributed by atoms with Crippen molar-refractivity contribution in [1.82, 2.24) is 29.5 Å². The van der Waals surface area contributed by atoms with Gasteiger partial charge in [-0.25, -0.2) is 15.0 Å². The Morgan fingerprint density at radius 2 is 1.20 bits per heavy atom. The normalized spacial score (nSPS) is 12.0. The lowest BCUT2D eigenvalue weighted by molar-refractivity contribution is 0.955. The molecule has 0 aliphatic rings. The van der Waals surface area contributed by atoms with Crippen LogP contribution in [0.5, 0.6) is 0 Å². The number of hydrogen-bond acceptors (Lipinski definition) is 7. The van der Waals surface area contributed by atoms with Crippen LogP contribution in [0.1, 0.15) is 0 Å². The summed E-state index contributed by atoms with van der Waals surface area (Å²) in [5.41, 5.74) is 4.00. The summed E-state index contributed by atoms with van der Waals surface area (Å²) >= 11 is 3.54. The van der Waals surface area contributed by atoms with E-state index in [0.717, 1.165) is 42.5 Å². The van der Waals surface area contributed by atoms with Crippen LogP contribution >= 0.6 is 22.7 Å². The van der Waals surface area contributed by atoms with E-state index in [1.165, 1.54) is 30.9 Å². The zero-order valence-corrected chi connectivity index (χ0v) is 25.2. The highest BCUT2D eigenvalue weighted by atomic mass is 32.1. The Labute approximate surface area is 263 Å². The smallest absolute Gasteiger partial charge is 0.238 e. The lowest BCUT2D eigenvalue weighted by Gasteiger charge is -2.11. The van der Waals surface area contributed by atoms with Crippen molar-refractivity contribution in [2.24, 2.45) is 0 Å². The first kappa shape index (κ1) is 24.8. The van der Waals surface area contributed by atoms with Gasteiger partial charge < -0.3 is 0 Å². The molecule has 0 saturated carbocycles. The van der Waals surface area contributed by atoms with Gasteiger partial charge in [0.2, 0.25) is 5.95 Å². The standard InChI is InChI=1S/C37H20N6S2/c1-3-11-21(12-4-1)34-40-35(22-13-5-2-6-14-22)42-37(41-34)43-26-17-9-7-15-23(26)28-29-24-16-8-10-18-27(24)44-32(29)30-25-19-38-20-39-36(25)45-33(30)31(28)43/h1-20H. The minimum atomic E-state index is 0.581. The van der Waals surface area contributed by atoms with E-state index in [9.17, 15) is 0 Å². The molecular formula is C37H20N6S2. The second-order valence-electron chi connectivity index (χ2n) is 10.9. The van der Waals surface area contributed by atoms with Gasteiger partial charge in [-0.15, -0.1) is 22.7 Å². The molecule has 5 aromatic carbocycles. The second-order valence-corrected chi connectivity index (χ2v) is 13.0. The molecule has 0 aliphatic carbocycles. The van der Waals surface area contributed by atoms with Gasteiger partial charge >= 0.3 is 0 Å². The fraction of sp³-hybridized carbons (Fsp3) is 0. The maximum atomic E-state index is 5.18. The number of aromatic nitrogens is 6. The monoisotopic (exact) mass is 612 g/mol. The molecule has 10 rings (SSSR count). The molecule has 0 unspecified atom stereocenters. The molecule has 45 heavy (non-hydrogen) atoms. The first-order chi connectivity index (χ1) is 22.3. The van der Waals surface area contributed by atoms with Crippen LogP contribution in [-0.4, -0.2) is 29.5 Å². The van der Waals surface area contributed by atoms with Crippen molar-refractivity contribution in [3.8, 4) is 28.7 Å². The third-order valence-corrected chi connectivity index (χ3v) is 10.7. The second kappa shape index (κ2) is 9.46. The molecular weight excluding hydrogens is 593 g/mol. The van der Waals surface area contributed by atoms with E-state index < -0.39 is 0 Å². The molecule has 0 spiro atoms. The van der Waals surface area contributed by atoms with Crippen molar-refractivity contribution in [1.29, 1.82) is 0 Å². The van der Waals surface area contributed by atoms with Crippen molar-refractivity contribution < 1.29 is 0 Å². The van der Waals surface area contributed by atoms with Gasteiger partial charge in [0.05, 0.1) is 15.7 Å². The number of hydrogen-bond donors (Lipinski definition) is 0. The Morgan fingerprint density at radius 1 is 0.533 bits per heavy atom. The topological polar surface area (TPSA) is 69.4 Å². The van der Waals surface area contributed by atoms with E-state index in [-0.39, 0.29) is 0 Å². The molecule has 5 heterocycles. The average molecular weight is 613 g/mol. The van der Waals surface area contributed by atoms with Gasteiger partial charge in [-0.3, -0.25) is 4.57 Å². The van der Waals surface area contributed by atoms with Gasteiger partial charge in [0.15, 0.2) is 11.6 Å². The van der Waals surface area contributed by atoms with E-state index in [0.29, 0.717) is 17.6 Å². The van der Waals surface area contributed by atoms with Crippen molar-refractivity contribution in [3.63, 3.8) is 0 Å². The van der Waals surface area contributed by atoms with Gasteiger partial charge in [0.25, 0.3) is 0 Å². The minimum absolute atomic E-state index is 0.581. The van der Waals surface area contributed by atoms with Crippen molar-refractivity contribution in [2.45, 2.75) is 0 Å². The molecule has 5 aromatic heterocycles. The van der Waals surface area contributed by atoms with E-state index >= 15 is 0 Å². The summed E-state index contributed by atoms with van der Waals surface area (Å²) in [5, 5.41) is 7.11. The third-order valence-electron chi connectivity index (χ3n) is 8.42. The summed E-state index contributed by atoms with van der Waals surface area (Å²) in [5.74, 6) is 1.84. The van der Waals surface area contributed by atoms with E-state index in [2.05, 4.69) is 58.1 Å². The van der Waals surface area contributed by atoms with Crippen LogP contribution in [0.2, 0.25) is 0 Å². The highest BCUT2D eigenvalue weighted by Gasteiger charge is 2.26. The van der Waals surface area contributed by atoms with Crippen molar-refractivity contribution >= 4 is 85.0 Å². The number of benzene rings is 5. The predicted octanol–water partition coefficient (Wildman–Crippen LogP) is 9.83. The molecule has 0 amide bonds. The fourth-order valence-corrected chi connectivity index (χ4v) is 9.02. The first-order valence-corrected chi connectivity index (χ1v) is 16.2. The van der Waals surface area contributed by atoms with Gasteiger partial charge in [-0.05, 0) is 12.1 Å². The quantitative estimate of drug-likeness (QED) is 0.199. The van der Waals surface area contributed by atoms with Crippen LogP contribution in [-0.2, 0) is 0 Å². The number of para-hydroxylation sites is 1. The van der Waals surface area contributed by atoms with Crippen LogP contribution < -0.4 is 0 Å². The molecule has 210 valence electrons. The first-order valence-electron chi connectivity index (χ1n) is 14.6. The molecule has 0 N–H and O–H groups in total. The van der Waals surface area contributed by atoms with Crippen LogP contribution in [0, 0.1) is 0 Å². The molecule has 0 atom stereocenters.